The lowest BCUT2D eigenvalue weighted by Gasteiger charge is -1.93. The van der Waals surface area contributed by atoms with Crippen molar-refractivity contribution in [3.05, 3.63) is 14.8 Å². The number of carbonyl (C=O) groups is 1. The normalized spacial score (nSPS) is 10.1. The van der Waals surface area contributed by atoms with Crippen LogP contribution in [0, 0.1) is 10.1 Å². The number of halogens is 1. The van der Waals surface area contributed by atoms with Gasteiger partial charge in [0.1, 0.15) is 6.54 Å². The van der Waals surface area contributed by atoms with Gasteiger partial charge in [-0.15, -0.1) is 0 Å². The summed E-state index contributed by atoms with van der Waals surface area (Å²) in [4.78, 5) is 24.1. The van der Waals surface area contributed by atoms with Gasteiger partial charge >= 0.3 is 5.95 Å². The summed E-state index contributed by atoms with van der Waals surface area (Å²) in [7, 11) is 0. The molecule has 0 fully saturated rings. The van der Waals surface area contributed by atoms with Crippen molar-refractivity contribution in [3.8, 4) is 0 Å². The van der Waals surface area contributed by atoms with Gasteiger partial charge in [-0.2, -0.15) is 4.68 Å². The quantitative estimate of drug-likeness (QED) is 0.595. The van der Waals surface area contributed by atoms with Gasteiger partial charge in [-0.1, -0.05) is 6.92 Å². The maximum atomic E-state index is 11.0. The third-order valence-corrected chi connectivity index (χ3v) is 2.09. The van der Waals surface area contributed by atoms with E-state index in [0.29, 0.717) is 6.42 Å². The lowest BCUT2D eigenvalue weighted by Crippen LogP contribution is -2.10. The van der Waals surface area contributed by atoms with E-state index in [2.05, 4.69) is 26.0 Å². The van der Waals surface area contributed by atoms with Gasteiger partial charge in [-0.25, -0.2) is 0 Å². The summed E-state index contributed by atoms with van der Waals surface area (Å²) in [5.74, 6) is -0.578. The molecule has 1 aromatic heterocycles. The van der Waals surface area contributed by atoms with Crippen molar-refractivity contribution in [2.24, 2.45) is 0 Å². The molecule has 1 aromatic rings. The van der Waals surface area contributed by atoms with Gasteiger partial charge in [0.2, 0.25) is 0 Å². The van der Waals surface area contributed by atoms with Crippen LogP contribution in [0.4, 0.5) is 5.95 Å². The van der Waals surface area contributed by atoms with E-state index < -0.39 is 10.9 Å². The Morgan fingerprint density at radius 1 is 1.71 bits per heavy atom. The molecule has 0 atom stereocenters. The highest BCUT2D eigenvalue weighted by Crippen LogP contribution is 2.11. The molecular formula is C6H7BrN4O3. The van der Waals surface area contributed by atoms with Crippen LogP contribution in [0.1, 0.15) is 13.3 Å². The van der Waals surface area contributed by atoms with Crippen LogP contribution >= 0.6 is 15.9 Å². The molecule has 76 valence electrons. The fourth-order valence-corrected chi connectivity index (χ4v) is 1.13. The highest BCUT2D eigenvalue weighted by molar-refractivity contribution is 9.10. The van der Waals surface area contributed by atoms with E-state index in [9.17, 15) is 14.9 Å². The second kappa shape index (κ2) is 4.27. The molecule has 0 saturated carbocycles. The zero-order valence-corrected chi connectivity index (χ0v) is 8.89. The molecule has 7 nitrogen and oxygen atoms in total. The highest BCUT2D eigenvalue weighted by Gasteiger charge is 2.20. The molecule has 14 heavy (non-hydrogen) atoms. The van der Waals surface area contributed by atoms with Crippen molar-refractivity contribution in [2.75, 3.05) is 0 Å². The van der Waals surface area contributed by atoms with Crippen molar-refractivity contribution >= 4 is 27.7 Å². The third kappa shape index (κ3) is 2.34. The molecule has 0 N–H and O–H groups in total. The predicted molar refractivity (Wildman–Crippen MR) is 49.7 cm³/mol. The Labute approximate surface area is 87.4 Å². The summed E-state index contributed by atoms with van der Waals surface area (Å²) >= 11 is 2.98. The SMILES string of the molecule is CCC(=O)Cn1nc([N+](=O)[O-])nc1Br. The van der Waals surface area contributed by atoms with E-state index in [-0.39, 0.29) is 17.1 Å². The van der Waals surface area contributed by atoms with E-state index in [1.807, 2.05) is 0 Å². The molecule has 8 heteroatoms. The molecule has 0 aliphatic carbocycles. The fraction of sp³-hybridized carbons (Fsp3) is 0.500. The zero-order valence-electron chi connectivity index (χ0n) is 7.31. The summed E-state index contributed by atoms with van der Waals surface area (Å²) in [5.41, 5.74) is 0. The van der Waals surface area contributed by atoms with Crippen molar-refractivity contribution in [1.29, 1.82) is 0 Å². The molecular weight excluding hydrogens is 256 g/mol. The van der Waals surface area contributed by atoms with Crippen molar-refractivity contribution in [1.82, 2.24) is 14.8 Å². The minimum absolute atomic E-state index is 0.00206. The summed E-state index contributed by atoms with van der Waals surface area (Å²) in [6, 6.07) is 0. The van der Waals surface area contributed by atoms with Crippen LogP contribution in [-0.4, -0.2) is 25.5 Å². The summed E-state index contributed by atoms with van der Waals surface area (Å²) in [6.07, 6.45) is 0.361. The molecule has 0 aromatic carbocycles. The van der Waals surface area contributed by atoms with E-state index >= 15 is 0 Å². The molecule has 0 spiro atoms. The standard InChI is InChI=1S/C6H7BrN4O3/c1-2-4(12)3-10-5(7)8-6(9-10)11(13)14/h2-3H2,1H3. The topological polar surface area (TPSA) is 90.9 Å². The summed E-state index contributed by atoms with van der Waals surface area (Å²) in [6.45, 7) is 1.71. The largest absolute Gasteiger partial charge is 0.492 e. The van der Waals surface area contributed by atoms with Crippen molar-refractivity contribution < 1.29 is 9.72 Å². The van der Waals surface area contributed by atoms with Crippen molar-refractivity contribution in [2.45, 2.75) is 19.9 Å². The maximum Gasteiger partial charge on any atom is 0.492 e. The first-order valence-corrected chi connectivity index (χ1v) is 4.60. The van der Waals surface area contributed by atoms with Crippen LogP contribution in [0.15, 0.2) is 4.73 Å². The Hall–Kier alpha value is -1.31. The first kappa shape index (κ1) is 10.8. The summed E-state index contributed by atoms with van der Waals surface area (Å²) in [5, 5.41) is 13.8. The highest BCUT2D eigenvalue weighted by atomic mass is 79.9. The molecule has 0 aliphatic heterocycles. The van der Waals surface area contributed by atoms with Crippen molar-refractivity contribution in [3.63, 3.8) is 0 Å². The number of hydrogen-bond acceptors (Lipinski definition) is 5. The van der Waals surface area contributed by atoms with Gasteiger partial charge < -0.3 is 10.1 Å². The van der Waals surface area contributed by atoms with Crippen LogP contribution in [0.25, 0.3) is 0 Å². The molecule has 0 bridgehead atoms. The average Bonchev–Trinajstić information content (AvgIpc) is 2.48. The number of hydrogen-bond donors (Lipinski definition) is 0. The Morgan fingerprint density at radius 2 is 2.36 bits per heavy atom. The third-order valence-electron chi connectivity index (χ3n) is 1.50. The average molecular weight is 263 g/mol. The van der Waals surface area contributed by atoms with Crippen LogP contribution in [0.5, 0.6) is 0 Å². The monoisotopic (exact) mass is 262 g/mol. The van der Waals surface area contributed by atoms with Gasteiger partial charge in [0.15, 0.2) is 5.78 Å². The molecule has 0 unspecified atom stereocenters. The smallest absolute Gasteiger partial charge is 0.390 e. The first-order chi connectivity index (χ1) is 6.54. The Bertz CT molecular complexity index is 375. The Balaban J connectivity index is 2.88. The van der Waals surface area contributed by atoms with E-state index in [1.54, 1.807) is 6.92 Å². The molecule has 1 heterocycles. The molecule has 0 saturated heterocycles. The number of aromatic nitrogens is 3. The number of ketones is 1. The predicted octanol–water partition coefficient (Wildman–Crippen LogP) is 0.928. The van der Waals surface area contributed by atoms with Gasteiger partial charge in [0.25, 0.3) is 4.73 Å². The minimum atomic E-state index is -0.711. The van der Waals surface area contributed by atoms with Gasteiger partial charge in [0.05, 0.1) is 0 Å². The van der Waals surface area contributed by atoms with E-state index in [1.165, 1.54) is 0 Å². The molecule has 0 radical (unpaired) electrons. The van der Waals surface area contributed by atoms with E-state index in [4.69, 9.17) is 0 Å². The molecule has 0 aliphatic rings. The molecule has 1 rings (SSSR count). The van der Waals surface area contributed by atoms with Crippen LogP contribution in [-0.2, 0) is 11.3 Å². The van der Waals surface area contributed by atoms with Crippen LogP contribution in [0.3, 0.4) is 0 Å². The van der Waals surface area contributed by atoms with E-state index in [0.717, 1.165) is 4.68 Å². The number of carbonyl (C=O) groups excluding carboxylic acids is 1. The lowest BCUT2D eigenvalue weighted by atomic mass is 10.3. The van der Waals surface area contributed by atoms with Crippen LogP contribution < -0.4 is 0 Å². The lowest BCUT2D eigenvalue weighted by molar-refractivity contribution is -0.394. The second-order valence-corrected chi connectivity index (χ2v) is 3.20. The van der Waals surface area contributed by atoms with Gasteiger partial charge in [0, 0.05) is 27.4 Å². The number of rotatable bonds is 4. The fourth-order valence-electron chi connectivity index (χ4n) is 0.769. The van der Waals surface area contributed by atoms with Crippen LogP contribution in [0.2, 0.25) is 0 Å². The number of Topliss-reactive ketones (excluding diaryl/α,β-unsaturated/α-hetero) is 1. The second-order valence-electron chi connectivity index (χ2n) is 2.49. The maximum absolute atomic E-state index is 11.0. The Morgan fingerprint density at radius 3 is 2.79 bits per heavy atom. The number of nitro groups is 1. The number of nitrogens with zero attached hydrogens (tertiary/aromatic N) is 4. The molecule has 0 amide bonds. The summed E-state index contributed by atoms with van der Waals surface area (Å²) < 4.78 is 1.34. The zero-order chi connectivity index (χ0) is 10.7. The minimum Gasteiger partial charge on any atom is -0.390 e. The van der Waals surface area contributed by atoms with Gasteiger partial charge in [-0.3, -0.25) is 4.79 Å². The first-order valence-electron chi connectivity index (χ1n) is 3.81. The Kier molecular flexibility index (Phi) is 3.28. The van der Waals surface area contributed by atoms with Gasteiger partial charge in [-0.05, 0) is 9.91 Å².